The maximum atomic E-state index is 11.7. The van der Waals surface area contributed by atoms with E-state index in [4.69, 9.17) is 0 Å². The van der Waals surface area contributed by atoms with Crippen LogP contribution in [0.5, 0.6) is 0 Å². The van der Waals surface area contributed by atoms with Crippen LogP contribution >= 0.6 is 15.9 Å². The number of hydrogen-bond acceptors (Lipinski definition) is 1. The van der Waals surface area contributed by atoms with Crippen molar-refractivity contribution in [1.82, 2.24) is 0 Å². The zero-order chi connectivity index (χ0) is 11.8. The Morgan fingerprint density at radius 2 is 2.06 bits per heavy atom. The number of benzene rings is 1. The molecule has 0 amide bonds. The molecule has 0 N–H and O–H groups in total. The van der Waals surface area contributed by atoms with Crippen molar-refractivity contribution in [3.8, 4) is 0 Å². The number of halogens is 1. The lowest BCUT2D eigenvalue weighted by Gasteiger charge is -2.02. The van der Waals surface area contributed by atoms with E-state index in [1.807, 2.05) is 24.3 Å². The fraction of sp³-hybridized carbons (Fsp3) is 0.500. The molecular formula is C14H19BrO. The third kappa shape index (κ3) is 5.45. The first-order valence-electron chi connectivity index (χ1n) is 5.98. The van der Waals surface area contributed by atoms with Crippen molar-refractivity contribution in [3.63, 3.8) is 0 Å². The standard InChI is InChI=1S/C14H19BrO/c1-2-3-4-5-9-14(16)11-12-7-6-8-13(15)10-12/h6-8,10H,2-5,9,11H2,1H3. The number of ketones is 1. The molecule has 0 heterocycles. The zero-order valence-electron chi connectivity index (χ0n) is 9.84. The van der Waals surface area contributed by atoms with Crippen molar-refractivity contribution in [2.75, 3.05) is 0 Å². The summed E-state index contributed by atoms with van der Waals surface area (Å²) in [5.74, 6) is 0.356. The lowest BCUT2D eigenvalue weighted by molar-refractivity contribution is -0.118. The summed E-state index contributed by atoms with van der Waals surface area (Å²) in [5.41, 5.74) is 1.11. The topological polar surface area (TPSA) is 17.1 Å². The fourth-order valence-corrected chi connectivity index (χ4v) is 2.16. The van der Waals surface area contributed by atoms with Gasteiger partial charge in [-0.1, -0.05) is 54.2 Å². The minimum absolute atomic E-state index is 0.356. The first-order chi connectivity index (χ1) is 7.72. The Bertz CT molecular complexity index is 333. The van der Waals surface area contributed by atoms with Crippen molar-refractivity contribution < 1.29 is 4.79 Å². The van der Waals surface area contributed by atoms with Crippen molar-refractivity contribution in [2.24, 2.45) is 0 Å². The van der Waals surface area contributed by atoms with Crippen LogP contribution in [-0.2, 0) is 11.2 Å². The number of Topliss-reactive ketones (excluding diaryl/α,β-unsaturated/α-hetero) is 1. The summed E-state index contributed by atoms with van der Waals surface area (Å²) in [6, 6.07) is 7.98. The minimum Gasteiger partial charge on any atom is -0.299 e. The molecule has 1 aromatic carbocycles. The van der Waals surface area contributed by atoms with E-state index in [0.29, 0.717) is 12.2 Å². The van der Waals surface area contributed by atoms with Crippen LogP contribution in [0.3, 0.4) is 0 Å². The quantitative estimate of drug-likeness (QED) is 0.672. The van der Waals surface area contributed by atoms with Crippen LogP contribution < -0.4 is 0 Å². The second-order valence-corrected chi connectivity index (χ2v) is 5.07. The van der Waals surface area contributed by atoms with Crippen LogP contribution in [0.2, 0.25) is 0 Å². The highest BCUT2D eigenvalue weighted by atomic mass is 79.9. The third-order valence-corrected chi connectivity index (χ3v) is 3.09. The SMILES string of the molecule is CCCCCCC(=O)Cc1cccc(Br)c1. The second-order valence-electron chi connectivity index (χ2n) is 4.16. The molecule has 88 valence electrons. The molecule has 0 saturated heterocycles. The third-order valence-electron chi connectivity index (χ3n) is 2.60. The summed E-state index contributed by atoms with van der Waals surface area (Å²) in [5, 5.41) is 0. The Kier molecular flexibility index (Phi) is 6.39. The molecule has 0 atom stereocenters. The van der Waals surface area contributed by atoms with E-state index in [-0.39, 0.29) is 0 Å². The van der Waals surface area contributed by atoms with Gasteiger partial charge in [0.25, 0.3) is 0 Å². The Morgan fingerprint density at radius 3 is 2.75 bits per heavy atom. The molecule has 1 nitrogen and oxygen atoms in total. The summed E-state index contributed by atoms with van der Waals surface area (Å²) >= 11 is 3.41. The normalized spacial score (nSPS) is 10.4. The molecule has 2 heteroatoms. The van der Waals surface area contributed by atoms with Crippen LogP contribution in [0.1, 0.15) is 44.6 Å². The molecule has 1 aromatic rings. The van der Waals surface area contributed by atoms with Gasteiger partial charge in [0.1, 0.15) is 5.78 Å². The molecule has 16 heavy (non-hydrogen) atoms. The van der Waals surface area contributed by atoms with Gasteiger partial charge < -0.3 is 0 Å². The summed E-state index contributed by atoms with van der Waals surface area (Å²) in [4.78, 5) is 11.7. The first kappa shape index (κ1) is 13.4. The first-order valence-corrected chi connectivity index (χ1v) is 6.78. The van der Waals surface area contributed by atoms with Crippen LogP contribution in [-0.4, -0.2) is 5.78 Å². The van der Waals surface area contributed by atoms with E-state index < -0.39 is 0 Å². The van der Waals surface area contributed by atoms with Gasteiger partial charge in [0.15, 0.2) is 0 Å². The predicted molar refractivity (Wildman–Crippen MR) is 71.6 cm³/mol. The number of rotatable bonds is 7. The van der Waals surface area contributed by atoms with E-state index >= 15 is 0 Å². The van der Waals surface area contributed by atoms with E-state index in [1.54, 1.807) is 0 Å². The average Bonchev–Trinajstić information content (AvgIpc) is 2.24. The van der Waals surface area contributed by atoms with E-state index in [9.17, 15) is 4.79 Å². The second kappa shape index (κ2) is 7.61. The largest absolute Gasteiger partial charge is 0.299 e. The number of carbonyl (C=O) groups is 1. The number of unbranched alkanes of at least 4 members (excludes halogenated alkanes) is 3. The molecule has 0 fully saturated rings. The van der Waals surface area contributed by atoms with E-state index in [1.165, 1.54) is 19.3 Å². The van der Waals surface area contributed by atoms with E-state index in [2.05, 4.69) is 22.9 Å². The lowest BCUT2D eigenvalue weighted by atomic mass is 10.0. The molecule has 0 bridgehead atoms. The van der Waals surface area contributed by atoms with Crippen LogP contribution in [0.25, 0.3) is 0 Å². The Morgan fingerprint density at radius 1 is 1.25 bits per heavy atom. The van der Waals surface area contributed by atoms with Crippen molar-refractivity contribution >= 4 is 21.7 Å². The lowest BCUT2D eigenvalue weighted by Crippen LogP contribution is -2.02. The summed E-state index contributed by atoms with van der Waals surface area (Å²) in [6.07, 6.45) is 5.99. The smallest absolute Gasteiger partial charge is 0.137 e. The highest BCUT2D eigenvalue weighted by Gasteiger charge is 2.03. The molecule has 0 saturated carbocycles. The molecule has 0 aliphatic rings. The molecule has 0 aliphatic heterocycles. The van der Waals surface area contributed by atoms with Crippen LogP contribution in [0.15, 0.2) is 28.7 Å². The van der Waals surface area contributed by atoms with Gasteiger partial charge in [-0.3, -0.25) is 4.79 Å². The fourth-order valence-electron chi connectivity index (χ4n) is 1.71. The van der Waals surface area contributed by atoms with Gasteiger partial charge in [-0.05, 0) is 24.1 Å². The Hall–Kier alpha value is -0.630. The summed E-state index contributed by atoms with van der Waals surface area (Å²) < 4.78 is 1.05. The molecule has 0 radical (unpaired) electrons. The summed E-state index contributed by atoms with van der Waals surface area (Å²) in [7, 11) is 0. The Balaban J connectivity index is 2.29. The van der Waals surface area contributed by atoms with Gasteiger partial charge in [0.2, 0.25) is 0 Å². The number of hydrogen-bond donors (Lipinski definition) is 0. The molecule has 0 aromatic heterocycles. The maximum Gasteiger partial charge on any atom is 0.137 e. The molecular weight excluding hydrogens is 264 g/mol. The Labute approximate surface area is 106 Å². The molecule has 0 aliphatic carbocycles. The van der Waals surface area contributed by atoms with E-state index in [0.717, 1.165) is 22.9 Å². The minimum atomic E-state index is 0.356. The van der Waals surface area contributed by atoms with Gasteiger partial charge in [-0.25, -0.2) is 0 Å². The van der Waals surface area contributed by atoms with Gasteiger partial charge in [-0.2, -0.15) is 0 Å². The monoisotopic (exact) mass is 282 g/mol. The predicted octanol–water partition coefficient (Wildman–Crippen LogP) is 4.53. The van der Waals surface area contributed by atoms with Crippen LogP contribution in [0, 0.1) is 0 Å². The van der Waals surface area contributed by atoms with Gasteiger partial charge in [0.05, 0.1) is 0 Å². The summed E-state index contributed by atoms with van der Waals surface area (Å²) in [6.45, 7) is 2.18. The van der Waals surface area contributed by atoms with Crippen molar-refractivity contribution in [2.45, 2.75) is 45.4 Å². The molecule has 1 rings (SSSR count). The van der Waals surface area contributed by atoms with Crippen molar-refractivity contribution in [1.29, 1.82) is 0 Å². The molecule has 0 spiro atoms. The van der Waals surface area contributed by atoms with Gasteiger partial charge >= 0.3 is 0 Å². The van der Waals surface area contributed by atoms with Crippen LogP contribution in [0.4, 0.5) is 0 Å². The van der Waals surface area contributed by atoms with Gasteiger partial charge in [-0.15, -0.1) is 0 Å². The highest BCUT2D eigenvalue weighted by molar-refractivity contribution is 9.10. The molecule has 0 unspecified atom stereocenters. The number of carbonyl (C=O) groups excluding carboxylic acids is 1. The maximum absolute atomic E-state index is 11.7. The average molecular weight is 283 g/mol. The highest BCUT2D eigenvalue weighted by Crippen LogP contribution is 2.13. The van der Waals surface area contributed by atoms with Crippen molar-refractivity contribution in [3.05, 3.63) is 34.3 Å². The zero-order valence-corrected chi connectivity index (χ0v) is 11.4. The van der Waals surface area contributed by atoms with Gasteiger partial charge in [0, 0.05) is 17.3 Å².